The van der Waals surface area contributed by atoms with Crippen molar-refractivity contribution in [2.75, 3.05) is 7.05 Å². The highest BCUT2D eigenvalue weighted by molar-refractivity contribution is 5.30. The minimum atomic E-state index is -0.180. The van der Waals surface area contributed by atoms with Crippen LogP contribution in [0.5, 0.6) is 0 Å². The molecular formula is C8H16N2. The van der Waals surface area contributed by atoms with E-state index in [1.165, 1.54) is 24.1 Å². The lowest BCUT2D eigenvalue weighted by atomic mass is 10.0. The number of nitrogens with one attached hydrogen (secondary N) is 1. The Labute approximate surface area is 62.5 Å². The van der Waals surface area contributed by atoms with Gasteiger partial charge in [-0.1, -0.05) is 0 Å². The second-order valence-corrected chi connectivity index (χ2v) is 3.45. The molecule has 0 radical (unpaired) electrons. The highest BCUT2D eigenvalue weighted by Crippen LogP contribution is 2.33. The highest BCUT2D eigenvalue weighted by atomic mass is 14.9. The Bertz CT molecular complexity index is 157. The van der Waals surface area contributed by atoms with Gasteiger partial charge in [-0.25, -0.2) is 0 Å². The van der Waals surface area contributed by atoms with E-state index in [1.807, 2.05) is 20.9 Å². The standard InChI is InChI=1S/C8H16N2/c1-8(2,9)7(10-3)6-4-5-6/h10H,4-5,9H2,1-3H3. The van der Waals surface area contributed by atoms with Gasteiger partial charge in [0.1, 0.15) is 0 Å². The van der Waals surface area contributed by atoms with Crippen LogP contribution in [0.4, 0.5) is 0 Å². The second kappa shape index (κ2) is 2.27. The molecule has 3 N–H and O–H groups in total. The van der Waals surface area contributed by atoms with Crippen LogP contribution in [-0.4, -0.2) is 12.6 Å². The van der Waals surface area contributed by atoms with Crippen molar-refractivity contribution >= 4 is 0 Å². The van der Waals surface area contributed by atoms with E-state index < -0.39 is 0 Å². The summed E-state index contributed by atoms with van der Waals surface area (Å²) in [5.41, 5.74) is 8.46. The maximum absolute atomic E-state index is 5.91. The van der Waals surface area contributed by atoms with Crippen molar-refractivity contribution in [2.24, 2.45) is 5.73 Å². The van der Waals surface area contributed by atoms with E-state index in [9.17, 15) is 0 Å². The molecule has 0 aromatic heterocycles. The first-order valence-corrected chi connectivity index (χ1v) is 3.75. The zero-order valence-electron chi connectivity index (χ0n) is 6.99. The van der Waals surface area contributed by atoms with E-state index >= 15 is 0 Å². The predicted octanol–water partition coefficient (Wildman–Crippen LogP) is 0.991. The van der Waals surface area contributed by atoms with Gasteiger partial charge in [-0.3, -0.25) is 0 Å². The van der Waals surface area contributed by atoms with E-state index in [2.05, 4.69) is 5.32 Å². The van der Waals surface area contributed by atoms with Gasteiger partial charge in [0, 0.05) is 12.7 Å². The summed E-state index contributed by atoms with van der Waals surface area (Å²) in [6.07, 6.45) is 2.47. The van der Waals surface area contributed by atoms with Gasteiger partial charge >= 0.3 is 0 Å². The maximum Gasteiger partial charge on any atom is 0.0500 e. The molecule has 0 aromatic rings. The Morgan fingerprint density at radius 3 is 2.10 bits per heavy atom. The third-order valence-corrected chi connectivity index (χ3v) is 1.75. The van der Waals surface area contributed by atoms with Crippen LogP contribution in [0.25, 0.3) is 0 Å². The average Bonchev–Trinajstić information content (AvgIpc) is 2.46. The van der Waals surface area contributed by atoms with Crippen molar-refractivity contribution in [3.63, 3.8) is 0 Å². The quantitative estimate of drug-likeness (QED) is 0.600. The molecule has 0 unspecified atom stereocenters. The molecule has 2 nitrogen and oxygen atoms in total. The molecule has 1 aliphatic rings. The Balaban J connectivity index is 2.76. The SMILES string of the molecule is CNC(=C1CC1)C(C)(C)N. The van der Waals surface area contributed by atoms with Gasteiger partial charge in [-0.05, 0) is 32.3 Å². The van der Waals surface area contributed by atoms with E-state index in [1.54, 1.807) is 0 Å². The number of allylic oxidation sites excluding steroid dienone is 1. The van der Waals surface area contributed by atoms with Crippen LogP contribution in [0.3, 0.4) is 0 Å². The third-order valence-electron chi connectivity index (χ3n) is 1.75. The minimum absolute atomic E-state index is 0.180. The summed E-state index contributed by atoms with van der Waals surface area (Å²) >= 11 is 0. The molecular weight excluding hydrogens is 124 g/mol. The average molecular weight is 140 g/mol. The van der Waals surface area contributed by atoms with Crippen molar-refractivity contribution < 1.29 is 0 Å². The lowest BCUT2D eigenvalue weighted by molar-refractivity contribution is 0.569. The summed E-state index contributed by atoms with van der Waals surface area (Å²) in [6.45, 7) is 4.06. The Kier molecular flexibility index (Phi) is 1.73. The fourth-order valence-corrected chi connectivity index (χ4v) is 1.27. The molecule has 10 heavy (non-hydrogen) atoms. The Morgan fingerprint density at radius 1 is 1.50 bits per heavy atom. The summed E-state index contributed by atoms with van der Waals surface area (Å²) in [6, 6.07) is 0. The molecule has 0 aromatic carbocycles. The van der Waals surface area contributed by atoms with Crippen LogP contribution in [-0.2, 0) is 0 Å². The van der Waals surface area contributed by atoms with Crippen LogP contribution in [0.1, 0.15) is 26.7 Å². The molecule has 0 saturated heterocycles. The van der Waals surface area contributed by atoms with E-state index in [0.717, 1.165) is 0 Å². The van der Waals surface area contributed by atoms with Crippen LogP contribution in [0, 0.1) is 0 Å². The number of likely N-dealkylation sites (N-methyl/N-ethyl adjacent to an activating group) is 1. The first-order valence-electron chi connectivity index (χ1n) is 3.75. The molecule has 0 amide bonds. The summed E-state index contributed by atoms with van der Waals surface area (Å²) in [4.78, 5) is 0. The van der Waals surface area contributed by atoms with Crippen LogP contribution >= 0.6 is 0 Å². The molecule has 1 saturated carbocycles. The van der Waals surface area contributed by atoms with Gasteiger partial charge in [0.15, 0.2) is 0 Å². The van der Waals surface area contributed by atoms with Gasteiger partial charge in [0.25, 0.3) is 0 Å². The lowest BCUT2D eigenvalue weighted by Crippen LogP contribution is -2.39. The van der Waals surface area contributed by atoms with Crippen molar-refractivity contribution in [3.05, 3.63) is 11.3 Å². The van der Waals surface area contributed by atoms with E-state index in [0.29, 0.717) is 0 Å². The van der Waals surface area contributed by atoms with Crippen molar-refractivity contribution in [1.82, 2.24) is 5.32 Å². The van der Waals surface area contributed by atoms with E-state index in [4.69, 9.17) is 5.73 Å². The Morgan fingerprint density at radius 2 is 2.00 bits per heavy atom. The minimum Gasteiger partial charge on any atom is -0.390 e. The molecule has 1 rings (SSSR count). The van der Waals surface area contributed by atoms with Gasteiger partial charge in [0.05, 0.1) is 5.54 Å². The number of rotatable bonds is 2. The first kappa shape index (κ1) is 7.61. The van der Waals surface area contributed by atoms with Gasteiger partial charge < -0.3 is 11.1 Å². The zero-order chi connectivity index (χ0) is 7.78. The largest absolute Gasteiger partial charge is 0.390 e. The van der Waals surface area contributed by atoms with Crippen LogP contribution in [0.15, 0.2) is 11.3 Å². The summed E-state index contributed by atoms with van der Waals surface area (Å²) in [5.74, 6) is 0. The number of nitrogens with two attached hydrogens (primary N) is 1. The van der Waals surface area contributed by atoms with Crippen molar-refractivity contribution in [1.29, 1.82) is 0 Å². The molecule has 58 valence electrons. The summed E-state index contributed by atoms with van der Waals surface area (Å²) in [5, 5.41) is 3.16. The van der Waals surface area contributed by atoms with E-state index in [-0.39, 0.29) is 5.54 Å². The zero-order valence-corrected chi connectivity index (χ0v) is 6.99. The fourth-order valence-electron chi connectivity index (χ4n) is 1.27. The monoisotopic (exact) mass is 140 g/mol. The molecule has 1 aliphatic carbocycles. The Hall–Kier alpha value is -0.500. The number of hydrogen-bond acceptors (Lipinski definition) is 2. The predicted molar refractivity (Wildman–Crippen MR) is 43.6 cm³/mol. The summed E-state index contributed by atoms with van der Waals surface area (Å²) < 4.78 is 0. The lowest BCUT2D eigenvalue weighted by Gasteiger charge is -2.22. The normalized spacial score (nSPS) is 17.0. The fraction of sp³-hybridized carbons (Fsp3) is 0.750. The van der Waals surface area contributed by atoms with Crippen molar-refractivity contribution in [2.45, 2.75) is 32.2 Å². The molecule has 0 atom stereocenters. The smallest absolute Gasteiger partial charge is 0.0500 e. The molecule has 0 bridgehead atoms. The van der Waals surface area contributed by atoms with Crippen LogP contribution in [0.2, 0.25) is 0 Å². The molecule has 1 fully saturated rings. The molecule has 2 heteroatoms. The third kappa shape index (κ3) is 1.51. The van der Waals surface area contributed by atoms with Gasteiger partial charge in [-0.2, -0.15) is 0 Å². The van der Waals surface area contributed by atoms with Crippen molar-refractivity contribution in [3.8, 4) is 0 Å². The number of hydrogen-bond donors (Lipinski definition) is 2. The topological polar surface area (TPSA) is 38.0 Å². The molecule has 0 aliphatic heterocycles. The first-order chi connectivity index (χ1) is 4.55. The van der Waals surface area contributed by atoms with Gasteiger partial charge in [-0.15, -0.1) is 0 Å². The molecule has 0 spiro atoms. The highest BCUT2D eigenvalue weighted by Gasteiger charge is 2.25. The molecule has 0 heterocycles. The van der Waals surface area contributed by atoms with Crippen LogP contribution < -0.4 is 11.1 Å². The summed E-state index contributed by atoms with van der Waals surface area (Å²) in [7, 11) is 1.94. The maximum atomic E-state index is 5.91. The van der Waals surface area contributed by atoms with Gasteiger partial charge in [0.2, 0.25) is 0 Å². The second-order valence-electron chi connectivity index (χ2n) is 3.45.